The molecule has 6 heteroatoms. The van der Waals surface area contributed by atoms with E-state index in [0.717, 1.165) is 44.7 Å². The number of hydrogen-bond acceptors (Lipinski definition) is 5. The molecule has 0 saturated heterocycles. The molecule has 0 amide bonds. The Labute approximate surface area is 185 Å². The highest BCUT2D eigenvalue weighted by Gasteiger charge is 2.12. The molecule has 0 aliphatic carbocycles. The molecule has 0 spiro atoms. The summed E-state index contributed by atoms with van der Waals surface area (Å²) in [5.41, 5.74) is 6.13. The van der Waals surface area contributed by atoms with Crippen molar-refractivity contribution in [3.8, 4) is 22.4 Å². The average Bonchev–Trinajstić information content (AvgIpc) is 2.85. The third kappa shape index (κ3) is 3.90. The van der Waals surface area contributed by atoms with E-state index in [0.29, 0.717) is 12.1 Å². The van der Waals surface area contributed by atoms with E-state index in [4.69, 9.17) is 0 Å². The van der Waals surface area contributed by atoms with Crippen LogP contribution in [0.3, 0.4) is 0 Å². The molecule has 5 nitrogen and oxygen atoms in total. The van der Waals surface area contributed by atoms with Gasteiger partial charge in [-0.1, -0.05) is 18.2 Å². The van der Waals surface area contributed by atoms with E-state index < -0.39 is 0 Å². The van der Waals surface area contributed by atoms with Crippen LogP contribution < -0.4 is 5.32 Å². The van der Waals surface area contributed by atoms with Crippen molar-refractivity contribution in [2.75, 3.05) is 5.32 Å². The van der Waals surface area contributed by atoms with Crippen molar-refractivity contribution < 1.29 is 4.39 Å². The van der Waals surface area contributed by atoms with E-state index in [-0.39, 0.29) is 5.82 Å². The largest absolute Gasteiger partial charge is 0.365 e. The summed E-state index contributed by atoms with van der Waals surface area (Å²) in [7, 11) is 0. The Bertz CT molecular complexity index is 1400. The summed E-state index contributed by atoms with van der Waals surface area (Å²) in [5, 5.41) is 4.31. The summed E-state index contributed by atoms with van der Waals surface area (Å²) in [5.74, 6) is 0.530. The molecule has 0 unspecified atom stereocenters. The molecule has 3 aromatic heterocycles. The van der Waals surface area contributed by atoms with Crippen LogP contribution in [0.5, 0.6) is 0 Å². The zero-order chi connectivity index (χ0) is 21.9. The molecule has 3 heterocycles. The summed E-state index contributed by atoms with van der Waals surface area (Å²) >= 11 is 0. The van der Waals surface area contributed by atoms with Gasteiger partial charge in [0, 0.05) is 41.6 Å². The van der Waals surface area contributed by atoms with Gasteiger partial charge in [0.25, 0.3) is 0 Å². The minimum absolute atomic E-state index is 0.224. The van der Waals surface area contributed by atoms with E-state index in [2.05, 4.69) is 31.3 Å². The Hall–Kier alpha value is -4.19. The Kier molecular flexibility index (Phi) is 5.25. The van der Waals surface area contributed by atoms with Crippen LogP contribution in [0.15, 0.2) is 85.6 Å². The number of anilines is 1. The van der Waals surface area contributed by atoms with Crippen LogP contribution in [0.2, 0.25) is 0 Å². The van der Waals surface area contributed by atoms with Gasteiger partial charge < -0.3 is 5.32 Å². The zero-order valence-electron chi connectivity index (χ0n) is 17.5. The first-order valence-electron chi connectivity index (χ1n) is 10.3. The van der Waals surface area contributed by atoms with Crippen molar-refractivity contribution in [2.45, 2.75) is 13.5 Å². The molecule has 5 rings (SSSR count). The summed E-state index contributed by atoms with van der Waals surface area (Å²) in [6.07, 6.45) is 6.89. The lowest BCUT2D eigenvalue weighted by Crippen LogP contribution is -2.03. The Morgan fingerprint density at radius 1 is 0.875 bits per heavy atom. The molecule has 0 bridgehead atoms. The molecule has 0 saturated carbocycles. The van der Waals surface area contributed by atoms with E-state index in [1.807, 2.05) is 48.7 Å². The topological polar surface area (TPSA) is 63.6 Å². The fourth-order valence-electron chi connectivity index (χ4n) is 3.71. The van der Waals surface area contributed by atoms with Crippen molar-refractivity contribution in [3.05, 3.63) is 103 Å². The quantitative estimate of drug-likeness (QED) is 0.388. The standard InChI is InChI=1S/C26H20FN5/c1-17-12-20(6-8-23(17)27)25-21(5-3-11-29-25)19-7-9-24-22(13-19)26(32-16-31-24)30-15-18-4-2-10-28-14-18/h2-14,16H,15H2,1H3,(H,30,31,32). The third-order valence-corrected chi connectivity index (χ3v) is 5.37. The number of halogens is 1. The highest BCUT2D eigenvalue weighted by molar-refractivity contribution is 5.94. The number of aromatic nitrogens is 4. The van der Waals surface area contributed by atoms with Gasteiger partial charge >= 0.3 is 0 Å². The monoisotopic (exact) mass is 421 g/mol. The van der Waals surface area contributed by atoms with Crippen molar-refractivity contribution in [3.63, 3.8) is 0 Å². The van der Waals surface area contributed by atoms with Crippen LogP contribution in [0.1, 0.15) is 11.1 Å². The van der Waals surface area contributed by atoms with Gasteiger partial charge in [-0.25, -0.2) is 14.4 Å². The maximum atomic E-state index is 13.8. The molecular weight excluding hydrogens is 401 g/mol. The lowest BCUT2D eigenvalue weighted by molar-refractivity contribution is 0.619. The first-order chi connectivity index (χ1) is 15.7. The summed E-state index contributed by atoms with van der Waals surface area (Å²) < 4.78 is 13.8. The summed E-state index contributed by atoms with van der Waals surface area (Å²) in [4.78, 5) is 17.6. The number of hydrogen-bond donors (Lipinski definition) is 1. The lowest BCUT2D eigenvalue weighted by Gasteiger charge is -2.12. The first kappa shape index (κ1) is 19.8. The van der Waals surface area contributed by atoms with Gasteiger partial charge in [-0.15, -0.1) is 0 Å². The average molecular weight is 421 g/mol. The van der Waals surface area contributed by atoms with Gasteiger partial charge in [0.1, 0.15) is 18.0 Å². The Morgan fingerprint density at radius 3 is 2.59 bits per heavy atom. The molecule has 5 aromatic rings. The maximum Gasteiger partial charge on any atom is 0.137 e. The Morgan fingerprint density at radius 2 is 1.75 bits per heavy atom. The second kappa shape index (κ2) is 8.51. The number of benzene rings is 2. The van der Waals surface area contributed by atoms with Gasteiger partial charge in [-0.05, 0) is 66.1 Å². The van der Waals surface area contributed by atoms with E-state index in [1.54, 1.807) is 31.7 Å². The predicted octanol–water partition coefficient (Wildman–Crippen LogP) is 5.81. The molecule has 1 N–H and O–H groups in total. The van der Waals surface area contributed by atoms with Crippen LogP contribution in [-0.4, -0.2) is 19.9 Å². The minimum atomic E-state index is -0.224. The van der Waals surface area contributed by atoms with Crippen LogP contribution in [-0.2, 0) is 6.54 Å². The fourth-order valence-corrected chi connectivity index (χ4v) is 3.71. The SMILES string of the molecule is Cc1cc(-c2ncccc2-c2ccc3ncnc(NCc4cccnc4)c3c2)ccc1F. The number of rotatable bonds is 5. The molecular formula is C26H20FN5. The van der Waals surface area contributed by atoms with Gasteiger partial charge in [-0.3, -0.25) is 9.97 Å². The number of pyridine rings is 2. The molecule has 0 radical (unpaired) electrons. The Balaban J connectivity index is 1.56. The number of aryl methyl sites for hydroxylation is 1. The highest BCUT2D eigenvalue weighted by Crippen LogP contribution is 2.33. The molecule has 32 heavy (non-hydrogen) atoms. The van der Waals surface area contributed by atoms with Gasteiger partial charge in [0.05, 0.1) is 11.2 Å². The molecule has 156 valence electrons. The number of nitrogens with one attached hydrogen (secondary N) is 1. The van der Waals surface area contributed by atoms with Crippen LogP contribution in [0.25, 0.3) is 33.3 Å². The summed E-state index contributed by atoms with van der Waals surface area (Å²) in [6.45, 7) is 2.37. The van der Waals surface area contributed by atoms with Crippen molar-refractivity contribution >= 4 is 16.7 Å². The maximum absolute atomic E-state index is 13.8. The van der Waals surface area contributed by atoms with Crippen LogP contribution >= 0.6 is 0 Å². The lowest BCUT2D eigenvalue weighted by atomic mass is 9.97. The highest BCUT2D eigenvalue weighted by atomic mass is 19.1. The van der Waals surface area contributed by atoms with Crippen molar-refractivity contribution in [1.29, 1.82) is 0 Å². The molecule has 0 aliphatic rings. The van der Waals surface area contributed by atoms with Crippen LogP contribution in [0.4, 0.5) is 10.2 Å². The van der Waals surface area contributed by atoms with Crippen molar-refractivity contribution in [2.24, 2.45) is 0 Å². The number of nitrogens with zero attached hydrogens (tertiary/aromatic N) is 4. The second-order valence-electron chi connectivity index (χ2n) is 7.53. The predicted molar refractivity (Wildman–Crippen MR) is 124 cm³/mol. The first-order valence-corrected chi connectivity index (χ1v) is 10.3. The van der Waals surface area contributed by atoms with E-state index in [9.17, 15) is 4.39 Å². The molecule has 0 fully saturated rings. The number of fused-ring (bicyclic) bond motifs is 1. The molecule has 0 atom stereocenters. The molecule has 0 aliphatic heterocycles. The molecule has 2 aromatic carbocycles. The van der Waals surface area contributed by atoms with Gasteiger partial charge in [-0.2, -0.15) is 0 Å². The van der Waals surface area contributed by atoms with Crippen LogP contribution in [0, 0.1) is 12.7 Å². The third-order valence-electron chi connectivity index (χ3n) is 5.37. The summed E-state index contributed by atoms with van der Waals surface area (Å²) in [6, 6.07) is 19.0. The van der Waals surface area contributed by atoms with E-state index >= 15 is 0 Å². The minimum Gasteiger partial charge on any atom is -0.365 e. The second-order valence-corrected chi connectivity index (χ2v) is 7.53. The van der Waals surface area contributed by atoms with Crippen molar-refractivity contribution in [1.82, 2.24) is 19.9 Å². The zero-order valence-corrected chi connectivity index (χ0v) is 17.5. The van der Waals surface area contributed by atoms with Gasteiger partial charge in [0.2, 0.25) is 0 Å². The van der Waals surface area contributed by atoms with Gasteiger partial charge in [0.15, 0.2) is 0 Å². The normalized spacial score (nSPS) is 10.9. The smallest absolute Gasteiger partial charge is 0.137 e. The fraction of sp³-hybridized carbons (Fsp3) is 0.0769. The van der Waals surface area contributed by atoms with E-state index in [1.165, 1.54) is 6.07 Å².